The van der Waals surface area contributed by atoms with E-state index in [-0.39, 0.29) is 11.6 Å². The standard InChI is InChI=1S/C14H28N2O3/c1-6-15-14(5,12(17)18-7-2)11-16-8-9-19-13(3,4)10-16/h15H,6-11H2,1-5H3. The van der Waals surface area contributed by atoms with Crippen LogP contribution < -0.4 is 5.32 Å². The van der Waals surface area contributed by atoms with E-state index in [0.717, 1.165) is 19.6 Å². The summed E-state index contributed by atoms with van der Waals surface area (Å²) in [5.74, 6) is -0.179. The first-order valence-electron chi connectivity index (χ1n) is 7.11. The zero-order chi connectivity index (χ0) is 14.5. The van der Waals surface area contributed by atoms with E-state index >= 15 is 0 Å². The molecule has 1 rings (SSSR count). The fraction of sp³-hybridized carbons (Fsp3) is 0.929. The number of hydrogen-bond acceptors (Lipinski definition) is 5. The number of likely N-dealkylation sites (N-methyl/N-ethyl adjacent to an activating group) is 1. The summed E-state index contributed by atoms with van der Waals surface area (Å²) in [7, 11) is 0. The summed E-state index contributed by atoms with van der Waals surface area (Å²) < 4.78 is 10.9. The number of esters is 1. The molecular formula is C14H28N2O3. The highest BCUT2D eigenvalue weighted by atomic mass is 16.5. The van der Waals surface area contributed by atoms with Crippen molar-refractivity contribution >= 4 is 5.97 Å². The third-order valence-corrected chi connectivity index (χ3v) is 3.34. The van der Waals surface area contributed by atoms with Crippen molar-refractivity contribution in [3.8, 4) is 0 Å². The highest BCUT2D eigenvalue weighted by Crippen LogP contribution is 2.19. The van der Waals surface area contributed by atoms with E-state index < -0.39 is 5.54 Å². The van der Waals surface area contributed by atoms with Gasteiger partial charge < -0.3 is 14.8 Å². The number of carbonyl (C=O) groups is 1. The summed E-state index contributed by atoms with van der Waals surface area (Å²) in [6, 6.07) is 0. The van der Waals surface area contributed by atoms with E-state index in [2.05, 4.69) is 24.1 Å². The lowest BCUT2D eigenvalue weighted by atomic mass is 9.99. The van der Waals surface area contributed by atoms with Crippen molar-refractivity contribution in [2.45, 2.75) is 45.8 Å². The van der Waals surface area contributed by atoms with Crippen molar-refractivity contribution in [2.75, 3.05) is 39.4 Å². The molecule has 0 saturated carbocycles. The molecule has 0 aromatic rings. The van der Waals surface area contributed by atoms with Gasteiger partial charge in [-0.3, -0.25) is 9.69 Å². The number of hydrogen-bond donors (Lipinski definition) is 1. The quantitative estimate of drug-likeness (QED) is 0.732. The Morgan fingerprint density at radius 1 is 1.47 bits per heavy atom. The SMILES string of the molecule is CCNC(C)(CN1CCOC(C)(C)C1)C(=O)OCC. The average molecular weight is 272 g/mol. The predicted octanol–water partition coefficient (Wildman–Crippen LogP) is 1.03. The second kappa shape index (κ2) is 6.68. The Hall–Kier alpha value is -0.650. The van der Waals surface area contributed by atoms with Gasteiger partial charge in [0.1, 0.15) is 5.54 Å². The van der Waals surface area contributed by atoms with Gasteiger partial charge in [-0.05, 0) is 34.2 Å². The van der Waals surface area contributed by atoms with E-state index in [1.807, 2.05) is 20.8 Å². The summed E-state index contributed by atoms with van der Waals surface area (Å²) >= 11 is 0. The van der Waals surface area contributed by atoms with Crippen LogP contribution in [0.3, 0.4) is 0 Å². The molecule has 1 aliphatic rings. The van der Waals surface area contributed by atoms with Crippen molar-refractivity contribution < 1.29 is 14.3 Å². The maximum absolute atomic E-state index is 12.1. The molecule has 1 saturated heterocycles. The smallest absolute Gasteiger partial charge is 0.327 e. The number of morpholine rings is 1. The van der Waals surface area contributed by atoms with Crippen LogP contribution >= 0.6 is 0 Å². The third-order valence-electron chi connectivity index (χ3n) is 3.34. The van der Waals surface area contributed by atoms with Crippen LogP contribution in [0.1, 0.15) is 34.6 Å². The van der Waals surface area contributed by atoms with Crippen LogP contribution in [-0.4, -0.2) is 61.4 Å². The largest absolute Gasteiger partial charge is 0.465 e. The molecule has 112 valence electrons. The molecule has 1 atom stereocenters. The van der Waals surface area contributed by atoms with Crippen molar-refractivity contribution in [2.24, 2.45) is 0 Å². The number of nitrogens with zero attached hydrogens (tertiary/aromatic N) is 1. The van der Waals surface area contributed by atoms with Gasteiger partial charge in [0.25, 0.3) is 0 Å². The van der Waals surface area contributed by atoms with Gasteiger partial charge in [-0.2, -0.15) is 0 Å². The normalized spacial score (nSPS) is 22.8. The van der Waals surface area contributed by atoms with Gasteiger partial charge in [-0.15, -0.1) is 0 Å². The second-order valence-corrected chi connectivity index (χ2v) is 5.90. The minimum absolute atomic E-state index is 0.153. The Kier molecular flexibility index (Phi) is 5.77. The molecule has 0 aromatic carbocycles. The molecule has 1 N–H and O–H groups in total. The number of ether oxygens (including phenoxy) is 2. The van der Waals surface area contributed by atoms with Gasteiger partial charge in [0.15, 0.2) is 0 Å². The Balaban J connectivity index is 2.69. The lowest BCUT2D eigenvalue weighted by Crippen LogP contribution is -2.60. The first kappa shape index (κ1) is 16.4. The fourth-order valence-corrected chi connectivity index (χ4v) is 2.57. The summed E-state index contributed by atoms with van der Waals surface area (Å²) in [4.78, 5) is 14.4. The van der Waals surface area contributed by atoms with Crippen LogP contribution in [0.25, 0.3) is 0 Å². The Morgan fingerprint density at radius 2 is 2.16 bits per heavy atom. The fourth-order valence-electron chi connectivity index (χ4n) is 2.57. The average Bonchev–Trinajstić information content (AvgIpc) is 2.28. The Morgan fingerprint density at radius 3 is 2.68 bits per heavy atom. The predicted molar refractivity (Wildman–Crippen MR) is 75.2 cm³/mol. The Labute approximate surface area is 116 Å². The monoisotopic (exact) mass is 272 g/mol. The first-order chi connectivity index (χ1) is 8.83. The van der Waals surface area contributed by atoms with Crippen LogP contribution in [0.4, 0.5) is 0 Å². The molecule has 19 heavy (non-hydrogen) atoms. The van der Waals surface area contributed by atoms with E-state index in [0.29, 0.717) is 19.8 Å². The molecule has 0 radical (unpaired) electrons. The lowest BCUT2D eigenvalue weighted by Gasteiger charge is -2.41. The van der Waals surface area contributed by atoms with Crippen LogP contribution in [-0.2, 0) is 14.3 Å². The third kappa shape index (κ3) is 4.75. The molecular weight excluding hydrogens is 244 g/mol. The highest BCUT2D eigenvalue weighted by Gasteiger charge is 2.38. The molecule has 5 heteroatoms. The van der Waals surface area contributed by atoms with Crippen LogP contribution in [0.15, 0.2) is 0 Å². The maximum Gasteiger partial charge on any atom is 0.327 e. The van der Waals surface area contributed by atoms with Gasteiger partial charge in [0.05, 0.1) is 18.8 Å². The number of carbonyl (C=O) groups excluding carboxylic acids is 1. The van der Waals surface area contributed by atoms with E-state index in [1.54, 1.807) is 0 Å². The summed E-state index contributed by atoms with van der Waals surface area (Å²) in [5.41, 5.74) is -0.807. The molecule has 5 nitrogen and oxygen atoms in total. The number of rotatable bonds is 6. The van der Waals surface area contributed by atoms with Gasteiger partial charge in [0, 0.05) is 19.6 Å². The molecule has 0 aliphatic carbocycles. The maximum atomic E-state index is 12.1. The van der Waals surface area contributed by atoms with E-state index in [4.69, 9.17) is 9.47 Å². The minimum atomic E-state index is -0.655. The van der Waals surface area contributed by atoms with Gasteiger partial charge in [-0.25, -0.2) is 0 Å². The number of nitrogens with one attached hydrogen (secondary N) is 1. The molecule has 1 unspecified atom stereocenters. The zero-order valence-corrected chi connectivity index (χ0v) is 12.9. The highest BCUT2D eigenvalue weighted by molar-refractivity contribution is 5.80. The first-order valence-corrected chi connectivity index (χ1v) is 7.11. The zero-order valence-electron chi connectivity index (χ0n) is 12.9. The topological polar surface area (TPSA) is 50.8 Å². The van der Waals surface area contributed by atoms with Crippen molar-refractivity contribution in [1.82, 2.24) is 10.2 Å². The summed E-state index contributed by atoms with van der Waals surface area (Å²) in [6.07, 6.45) is 0. The van der Waals surface area contributed by atoms with Gasteiger partial charge in [-0.1, -0.05) is 6.92 Å². The van der Waals surface area contributed by atoms with Gasteiger partial charge >= 0.3 is 5.97 Å². The van der Waals surface area contributed by atoms with Crippen molar-refractivity contribution in [3.63, 3.8) is 0 Å². The van der Waals surface area contributed by atoms with Crippen LogP contribution in [0.5, 0.6) is 0 Å². The Bertz CT molecular complexity index is 307. The van der Waals surface area contributed by atoms with Crippen molar-refractivity contribution in [3.05, 3.63) is 0 Å². The van der Waals surface area contributed by atoms with Crippen LogP contribution in [0.2, 0.25) is 0 Å². The molecule has 0 aromatic heterocycles. The van der Waals surface area contributed by atoms with E-state index in [9.17, 15) is 4.79 Å². The molecule has 0 spiro atoms. The summed E-state index contributed by atoms with van der Waals surface area (Å²) in [5, 5.41) is 3.26. The molecule has 0 amide bonds. The summed E-state index contributed by atoms with van der Waals surface area (Å²) in [6.45, 7) is 14.1. The molecule has 1 aliphatic heterocycles. The van der Waals surface area contributed by atoms with E-state index in [1.165, 1.54) is 0 Å². The molecule has 1 fully saturated rings. The van der Waals surface area contributed by atoms with Crippen LogP contribution in [0, 0.1) is 0 Å². The van der Waals surface area contributed by atoms with Crippen molar-refractivity contribution in [1.29, 1.82) is 0 Å². The lowest BCUT2D eigenvalue weighted by molar-refractivity contribution is -0.153. The second-order valence-electron chi connectivity index (χ2n) is 5.90. The minimum Gasteiger partial charge on any atom is -0.465 e. The van der Waals surface area contributed by atoms with Gasteiger partial charge in [0.2, 0.25) is 0 Å². The molecule has 0 bridgehead atoms. The molecule has 1 heterocycles.